The summed E-state index contributed by atoms with van der Waals surface area (Å²) in [6.45, 7) is 2.54. The minimum absolute atomic E-state index is 0.0338. The maximum atomic E-state index is 13.8. The molecule has 2 aromatic rings. The Morgan fingerprint density at radius 1 is 0.971 bits per heavy atom. The standard InChI is InChI=1S/C25H30ClN3O5S/c26-20-7-9-21(10-8-20)34-22-11-13-23(14-12-22)35(32,33)29(19-18-27-15-3-1-4-16-27)24-6-2-5-17-28(31)25(24)30/h2,5,7-14,24,31H,1,3-4,6,15-19H2/t24-/m1/s1. The first-order valence-electron chi connectivity index (χ1n) is 11.8. The molecule has 2 heterocycles. The van der Waals surface area contributed by atoms with Crippen LogP contribution >= 0.6 is 11.6 Å². The smallest absolute Gasteiger partial charge is 0.264 e. The van der Waals surface area contributed by atoms with Crippen LogP contribution in [-0.4, -0.2) is 72.6 Å². The van der Waals surface area contributed by atoms with Crippen molar-refractivity contribution in [3.05, 3.63) is 65.7 Å². The van der Waals surface area contributed by atoms with E-state index in [0.717, 1.165) is 25.9 Å². The molecule has 0 aromatic heterocycles. The Balaban J connectivity index is 1.57. The Morgan fingerprint density at radius 3 is 2.26 bits per heavy atom. The molecule has 2 aliphatic heterocycles. The number of carbonyl (C=O) groups is 1. The van der Waals surface area contributed by atoms with Crippen molar-refractivity contribution in [1.29, 1.82) is 0 Å². The Hall–Kier alpha value is -2.43. The molecule has 188 valence electrons. The number of piperidine rings is 1. The van der Waals surface area contributed by atoms with Crippen molar-refractivity contribution < 1.29 is 23.2 Å². The van der Waals surface area contributed by atoms with Crippen LogP contribution in [0.5, 0.6) is 11.5 Å². The van der Waals surface area contributed by atoms with Crippen LogP contribution < -0.4 is 4.74 Å². The Morgan fingerprint density at radius 2 is 1.60 bits per heavy atom. The highest BCUT2D eigenvalue weighted by molar-refractivity contribution is 7.89. The van der Waals surface area contributed by atoms with E-state index < -0.39 is 22.0 Å². The van der Waals surface area contributed by atoms with Gasteiger partial charge in [0.15, 0.2) is 0 Å². The molecule has 10 heteroatoms. The first kappa shape index (κ1) is 25.7. The molecular formula is C25H30ClN3O5S. The zero-order chi connectivity index (χ0) is 24.8. The van der Waals surface area contributed by atoms with E-state index in [9.17, 15) is 18.4 Å². The summed E-state index contributed by atoms with van der Waals surface area (Å²) >= 11 is 5.91. The number of benzene rings is 2. The molecule has 1 amide bonds. The number of sulfonamides is 1. The average Bonchev–Trinajstić information content (AvgIpc) is 3.02. The summed E-state index contributed by atoms with van der Waals surface area (Å²) in [5.74, 6) is 0.424. The lowest BCUT2D eigenvalue weighted by molar-refractivity contribution is -0.166. The lowest BCUT2D eigenvalue weighted by Crippen LogP contribution is -2.51. The number of hydrogen-bond donors (Lipinski definition) is 1. The van der Waals surface area contributed by atoms with Gasteiger partial charge in [-0.25, -0.2) is 13.5 Å². The van der Waals surface area contributed by atoms with Gasteiger partial charge in [-0.3, -0.25) is 10.0 Å². The number of rotatable bonds is 8. The van der Waals surface area contributed by atoms with Crippen molar-refractivity contribution in [1.82, 2.24) is 14.3 Å². The maximum absolute atomic E-state index is 13.8. The van der Waals surface area contributed by atoms with Gasteiger partial charge in [0.25, 0.3) is 5.91 Å². The van der Waals surface area contributed by atoms with Crippen LogP contribution in [0.25, 0.3) is 0 Å². The maximum Gasteiger partial charge on any atom is 0.264 e. The van der Waals surface area contributed by atoms with Gasteiger partial charge in [-0.1, -0.05) is 30.2 Å². The molecule has 2 aromatic carbocycles. The van der Waals surface area contributed by atoms with Crippen molar-refractivity contribution in [3.63, 3.8) is 0 Å². The Kier molecular flexibility index (Phi) is 8.46. The van der Waals surface area contributed by atoms with E-state index in [2.05, 4.69) is 4.90 Å². The summed E-state index contributed by atoms with van der Waals surface area (Å²) in [6.07, 6.45) is 6.94. The Bertz CT molecular complexity index is 1130. The molecule has 0 spiro atoms. The lowest BCUT2D eigenvalue weighted by Gasteiger charge is -2.33. The minimum atomic E-state index is -4.03. The summed E-state index contributed by atoms with van der Waals surface area (Å²) in [4.78, 5) is 15.2. The number of carbonyl (C=O) groups excluding carboxylic acids is 1. The lowest BCUT2D eigenvalue weighted by atomic mass is 10.1. The van der Waals surface area contributed by atoms with Crippen LogP contribution in [0.4, 0.5) is 0 Å². The molecule has 0 unspecified atom stereocenters. The predicted octanol–water partition coefficient (Wildman–Crippen LogP) is 4.16. The second-order valence-corrected chi connectivity index (χ2v) is 11.0. The SMILES string of the molecule is O=C1[C@H](N(CCN2CCCCC2)S(=O)(=O)c2ccc(Oc3ccc(Cl)cc3)cc2)CC=CCN1O. The van der Waals surface area contributed by atoms with E-state index in [-0.39, 0.29) is 24.4 Å². The molecule has 0 bridgehead atoms. The molecule has 1 saturated heterocycles. The number of amides is 1. The first-order chi connectivity index (χ1) is 16.8. The molecule has 0 aliphatic carbocycles. The van der Waals surface area contributed by atoms with Gasteiger partial charge in [0, 0.05) is 18.1 Å². The van der Waals surface area contributed by atoms with Gasteiger partial charge < -0.3 is 9.64 Å². The fourth-order valence-electron chi connectivity index (χ4n) is 4.32. The quantitative estimate of drug-likeness (QED) is 0.416. The summed E-state index contributed by atoms with van der Waals surface area (Å²) in [7, 11) is -4.03. The number of ether oxygens (including phenoxy) is 1. The van der Waals surface area contributed by atoms with Crippen LogP contribution in [0.3, 0.4) is 0 Å². The van der Waals surface area contributed by atoms with E-state index in [0.29, 0.717) is 28.1 Å². The predicted molar refractivity (Wildman–Crippen MR) is 133 cm³/mol. The molecule has 1 fully saturated rings. The van der Waals surface area contributed by atoms with Crippen LogP contribution in [0.2, 0.25) is 5.02 Å². The van der Waals surface area contributed by atoms with Crippen LogP contribution in [-0.2, 0) is 14.8 Å². The topological polar surface area (TPSA) is 90.4 Å². The summed E-state index contributed by atoms with van der Waals surface area (Å²) in [5, 5.41) is 11.3. The van der Waals surface area contributed by atoms with E-state index >= 15 is 0 Å². The van der Waals surface area contributed by atoms with Gasteiger partial charge in [0.2, 0.25) is 10.0 Å². The first-order valence-corrected chi connectivity index (χ1v) is 13.6. The van der Waals surface area contributed by atoms with Crippen molar-refractivity contribution in [3.8, 4) is 11.5 Å². The highest BCUT2D eigenvalue weighted by atomic mass is 35.5. The van der Waals surface area contributed by atoms with E-state index in [4.69, 9.17) is 16.3 Å². The normalized spacial score (nSPS) is 19.7. The number of likely N-dealkylation sites (tertiary alicyclic amines) is 1. The fourth-order valence-corrected chi connectivity index (χ4v) is 6.03. The van der Waals surface area contributed by atoms with Crippen molar-refractivity contribution in [2.75, 3.05) is 32.7 Å². The summed E-state index contributed by atoms with van der Waals surface area (Å²) in [6, 6.07) is 12.0. The van der Waals surface area contributed by atoms with Gasteiger partial charge in [-0.05, 0) is 80.9 Å². The fraction of sp³-hybridized carbons (Fsp3) is 0.400. The van der Waals surface area contributed by atoms with Crippen molar-refractivity contribution in [2.45, 2.75) is 36.6 Å². The van der Waals surface area contributed by atoms with E-state index in [1.54, 1.807) is 48.6 Å². The molecule has 4 rings (SSSR count). The largest absolute Gasteiger partial charge is 0.457 e. The van der Waals surface area contributed by atoms with Crippen LogP contribution in [0.1, 0.15) is 25.7 Å². The number of hydroxylamine groups is 2. The zero-order valence-electron chi connectivity index (χ0n) is 19.4. The third-order valence-corrected chi connectivity index (χ3v) is 8.43. The highest BCUT2D eigenvalue weighted by Crippen LogP contribution is 2.27. The second kappa shape index (κ2) is 11.5. The van der Waals surface area contributed by atoms with Gasteiger partial charge >= 0.3 is 0 Å². The van der Waals surface area contributed by atoms with Gasteiger partial charge in [-0.15, -0.1) is 0 Å². The average molecular weight is 520 g/mol. The third kappa shape index (κ3) is 6.42. The van der Waals surface area contributed by atoms with E-state index in [1.807, 2.05) is 0 Å². The Labute approximate surface area is 211 Å². The number of hydrogen-bond acceptors (Lipinski definition) is 6. The molecule has 0 radical (unpaired) electrons. The van der Waals surface area contributed by atoms with Gasteiger partial charge in [0.1, 0.15) is 17.5 Å². The zero-order valence-corrected chi connectivity index (χ0v) is 21.0. The van der Waals surface area contributed by atoms with Crippen LogP contribution in [0.15, 0.2) is 65.6 Å². The highest BCUT2D eigenvalue weighted by Gasteiger charge is 2.38. The van der Waals surface area contributed by atoms with Crippen molar-refractivity contribution >= 4 is 27.5 Å². The molecule has 0 saturated carbocycles. The minimum Gasteiger partial charge on any atom is -0.457 e. The molecule has 8 nitrogen and oxygen atoms in total. The number of nitrogens with zero attached hydrogens (tertiary/aromatic N) is 3. The number of halogens is 1. The third-order valence-electron chi connectivity index (χ3n) is 6.26. The molecule has 2 aliphatic rings. The summed E-state index contributed by atoms with van der Waals surface area (Å²) < 4.78 is 34.5. The molecule has 1 atom stereocenters. The molecule has 35 heavy (non-hydrogen) atoms. The van der Waals surface area contributed by atoms with Gasteiger partial charge in [0.05, 0.1) is 11.4 Å². The monoisotopic (exact) mass is 519 g/mol. The van der Waals surface area contributed by atoms with Gasteiger partial charge in [-0.2, -0.15) is 4.31 Å². The van der Waals surface area contributed by atoms with E-state index in [1.165, 1.54) is 22.9 Å². The van der Waals surface area contributed by atoms with Crippen molar-refractivity contribution in [2.24, 2.45) is 0 Å². The summed E-state index contributed by atoms with van der Waals surface area (Å²) in [5.41, 5.74) is 0. The molecular weight excluding hydrogens is 490 g/mol. The molecule has 1 N–H and O–H groups in total. The second-order valence-electron chi connectivity index (χ2n) is 8.69. The van der Waals surface area contributed by atoms with Crippen LogP contribution in [0, 0.1) is 0 Å².